The van der Waals surface area contributed by atoms with Crippen LogP contribution in [-0.2, 0) is 11.2 Å². The standard InChI is InChI=1S/C10H17N3OS/c1-2-11-5-3-9-12-13-10(15-9)8-4-6-14-7-8/h8,11H,2-7H2,1H3. The van der Waals surface area contributed by atoms with Crippen LogP contribution in [0, 0.1) is 0 Å². The lowest BCUT2D eigenvalue weighted by atomic mass is 10.1. The number of likely N-dealkylation sites (N-methyl/N-ethyl adjacent to an activating group) is 1. The molecule has 0 spiro atoms. The molecule has 1 fully saturated rings. The molecule has 1 aromatic rings. The van der Waals surface area contributed by atoms with Gasteiger partial charge in [-0.2, -0.15) is 0 Å². The van der Waals surface area contributed by atoms with Crippen LogP contribution in [0.3, 0.4) is 0 Å². The van der Waals surface area contributed by atoms with Crippen LogP contribution in [0.15, 0.2) is 0 Å². The van der Waals surface area contributed by atoms with Crippen LogP contribution in [-0.4, -0.2) is 36.5 Å². The van der Waals surface area contributed by atoms with E-state index in [9.17, 15) is 0 Å². The average Bonchev–Trinajstić information content (AvgIpc) is 2.87. The van der Waals surface area contributed by atoms with E-state index in [0.717, 1.165) is 49.2 Å². The molecule has 1 aromatic heterocycles. The topological polar surface area (TPSA) is 47.0 Å². The molecule has 1 aliphatic rings. The van der Waals surface area contributed by atoms with Gasteiger partial charge in [0.25, 0.3) is 0 Å². The first kappa shape index (κ1) is 11.0. The monoisotopic (exact) mass is 227 g/mol. The van der Waals surface area contributed by atoms with Crippen LogP contribution in [0.25, 0.3) is 0 Å². The minimum Gasteiger partial charge on any atom is -0.381 e. The summed E-state index contributed by atoms with van der Waals surface area (Å²) in [5, 5.41) is 14.0. The first-order chi connectivity index (χ1) is 7.40. The van der Waals surface area contributed by atoms with E-state index in [2.05, 4.69) is 22.4 Å². The molecule has 0 radical (unpaired) electrons. The molecule has 84 valence electrons. The molecule has 1 unspecified atom stereocenters. The number of hydrogen-bond acceptors (Lipinski definition) is 5. The summed E-state index contributed by atoms with van der Waals surface area (Å²) in [5.41, 5.74) is 0. The van der Waals surface area contributed by atoms with Crippen LogP contribution in [0.1, 0.15) is 29.3 Å². The fourth-order valence-corrected chi connectivity index (χ4v) is 2.60. The maximum atomic E-state index is 5.35. The van der Waals surface area contributed by atoms with Gasteiger partial charge in [-0.1, -0.05) is 6.92 Å². The maximum Gasteiger partial charge on any atom is 0.122 e. The van der Waals surface area contributed by atoms with E-state index in [0.29, 0.717) is 5.92 Å². The number of hydrogen-bond donors (Lipinski definition) is 1. The predicted octanol–water partition coefficient (Wildman–Crippen LogP) is 1.19. The summed E-state index contributed by atoms with van der Waals surface area (Å²) in [5.74, 6) is 0.496. The Labute approximate surface area is 94.1 Å². The molecule has 1 atom stereocenters. The van der Waals surface area contributed by atoms with Gasteiger partial charge in [-0.15, -0.1) is 21.5 Å². The third-order valence-electron chi connectivity index (χ3n) is 2.53. The second kappa shape index (κ2) is 5.53. The Bertz CT molecular complexity index is 297. The summed E-state index contributed by atoms with van der Waals surface area (Å²) in [7, 11) is 0. The van der Waals surface area contributed by atoms with Crippen LogP contribution in [0.4, 0.5) is 0 Å². The zero-order valence-corrected chi connectivity index (χ0v) is 9.85. The third kappa shape index (κ3) is 2.96. The van der Waals surface area contributed by atoms with Gasteiger partial charge in [0, 0.05) is 25.5 Å². The Balaban J connectivity index is 1.86. The Morgan fingerprint density at radius 2 is 2.47 bits per heavy atom. The van der Waals surface area contributed by atoms with Crippen molar-refractivity contribution in [2.75, 3.05) is 26.3 Å². The summed E-state index contributed by atoms with van der Waals surface area (Å²) in [6, 6.07) is 0. The first-order valence-electron chi connectivity index (χ1n) is 5.51. The number of nitrogens with one attached hydrogen (secondary N) is 1. The first-order valence-corrected chi connectivity index (χ1v) is 6.32. The van der Waals surface area contributed by atoms with E-state index in [-0.39, 0.29) is 0 Å². The van der Waals surface area contributed by atoms with Gasteiger partial charge < -0.3 is 10.1 Å². The molecule has 0 aliphatic carbocycles. The molecule has 2 rings (SSSR count). The summed E-state index contributed by atoms with van der Waals surface area (Å²) in [6.07, 6.45) is 2.08. The van der Waals surface area contributed by atoms with Crippen molar-refractivity contribution in [3.05, 3.63) is 10.0 Å². The summed E-state index contributed by atoms with van der Waals surface area (Å²) in [4.78, 5) is 0. The second-order valence-electron chi connectivity index (χ2n) is 3.70. The highest BCUT2D eigenvalue weighted by Crippen LogP contribution is 2.27. The van der Waals surface area contributed by atoms with E-state index in [1.54, 1.807) is 11.3 Å². The zero-order chi connectivity index (χ0) is 10.5. The highest BCUT2D eigenvalue weighted by Gasteiger charge is 2.21. The van der Waals surface area contributed by atoms with E-state index in [4.69, 9.17) is 4.74 Å². The molecular formula is C10H17N3OS. The molecule has 0 aromatic carbocycles. The van der Waals surface area contributed by atoms with E-state index < -0.39 is 0 Å². The van der Waals surface area contributed by atoms with Crippen molar-refractivity contribution in [3.8, 4) is 0 Å². The summed E-state index contributed by atoms with van der Waals surface area (Å²) in [6.45, 7) is 5.81. The van der Waals surface area contributed by atoms with Crippen LogP contribution < -0.4 is 5.32 Å². The van der Waals surface area contributed by atoms with Crippen molar-refractivity contribution in [2.45, 2.75) is 25.7 Å². The Morgan fingerprint density at radius 3 is 3.20 bits per heavy atom. The van der Waals surface area contributed by atoms with Crippen molar-refractivity contribution >= 4 is 11.3 Å². The average molecular weight is 227 g/mol. The molecule has 0 saturated carbocycles. The highest BCUT2D eigenvalue weighted by molar-refractivity contribution is 7.11. The van der Waals surface area contributed by atoms with Crippen LogP contribution >= 0.6 is 11.3 Å². The Morgan fingerprint density at radius 1 is 1.53 bits per heavy atom. The van der Waals surface area contributed by atoms with Gasteiger partial charge >= 0.3 is 0 Å². The van der Waals surface area contributed by atoms with Crippen LogP contribution in [0.5, 0.6) is 0 Å². The van der Waals surface area contributed by atoms with E-state index in [1.165, 1.54) is 0 Å². The smallest absolute Gasteiger partial charge is 0.122 e. The van der Waals surface area contributed by atoms with Gasteiger partial charge in [0.15, 0.2) is 0 Å². The van der Waals surface area contributed by atoms with Crippen molar-refractivity contribution in [3.63, 3.8) is 0 Å². The van der Waals surface area contributed by atoms with Gasteiger partial charge in [0.1, 0.15) is 10.0 Å². The molecule has 0 amide bonds. The molecule has 0 bridgehead atoms. The summed E-state index contributed by atoms with van der Waals surface area (Å²) < 4.78 is 5.35. The second-order valence-corrected chi connectivity index (χ2v) is 4.79. The minimum atomic E-state index is 0.496. The van der Waals surface area contributed by atoms with Gasteiger partial charge in [-0.05, 0) is 13.0 Å². The number of rotatable bonds is 5. The number of aromatic nitrogens is 2. The molecule has 1 N–H and O–H groups in total. The van der Waals surface area contributed by atoms with E-state index in [1.807, 2.05) is 0 Å². The molecule has 4 nitrogen and oxygen atoms in total. The molecule has 5 heteroatoms. The third-order valence-corrected chi connectivity index (χ3v) is 3.67. The quantitative estimate of drug-likeness (QED) is 0.768. The fraction of sp³-hybridized carbons (Fsp3) is 0.800. The van der Waals surface area contributed by atoms with Crippen molar-refractivity contribution in [2.24, 2.45) is 0 Å². The van der Waals surface area contributed by atoms with Crippen molar-refractivity contribution in [1.82, 2.24) is 15.5 Å². The number of nitrogens with zero attached hydrogens (tertiary/aromatic N) is 2. The lowest BCUT2D eigenvalue weighted by molar-refractivity contribution is 0.194. The van der Waals surface area contributed by atoms with Gasteiger partial charge in [-0.3, -0.25) is 0 Å². The highest BCUT2D eigenvalue weighted by atomic mass is 32.1. The normalized spacial score (nSPS) is 21.0. The fourth-order valence-electron chi connectivity index (χ4n) is 1.63. The Kier molecular flexibility index (Phi) is 4.05. The predicted molar refractivity (Wildman–Crippen MR) is 60.3 cm³/mol. The molecule has 15 heavy (non-hydrogen) atoms. The molecular weight excluding hydrogens is 210 g/mol. The Hall–Kier alpha value is -0.520. The largest absolute Gasteiger partial charge is 0.381 e. The molecule has 1 aliphatic heterocycles. The number of ether oxygens (including phenoxy) is 1. The van der Waals surface area contributed by atoms with Gasteiger partial charge in [-0.25, -0.2) is 0 Å². The molecule has 2 heterocycles. The summed E-state index contributed by atoms with van der Waals surface area (Å²) >= 11 is 1.74. The van der Waals surface area contributed by atoms with E-state index >= 15 is 0 Å². The van der Waals surface area contributed by atoms with Crippen molar-refractivity contribution in [1.29, 1.82) is 0 Å². The molecule has 1 saturated heterocycles. The lowest BCUT2D eigenvalue weighted by Gasteiger charge is -1.99. The zero-order valence-electron chi connectivity index (χ0n) is 9.03. The van der Waals surface area contributed by atoms with Gasteiger partial charge in [0.2, 0.25) is 0 Å². The lowest BCUT2D eigenvalue weighted by Crippen LogP contribution is -2.15. The van der Waals surface area contributed by atoms with Crippen LogP contribution in [0.2, 0.25) is 0 Å². The minimum absolute atomic E-state index is 0.496. The SMILES string of the molecule is CCNCCc1nnc(C2CCOC2)s1. The maximum absolute atomic E-state index is 5.35. The van der Waals surface area contributed by atoms with Gasteiger partial charge in [0.05, 0.1) is 6.61 Å². The van der Waals surface area contributed by atoms with Crippen molar-refractivity contribution < 1.29 is 4.74 Å².